The molecule has 0 fully saturated rings. The number of aromatic nitrogens is 2. The lowest BCUT2D eigenvalue weighted by molar-refractivity contribution is 0.719. The van der Waals surface area contributed by atoms with Crippen LogP contribution in [-0.4, -0.2) is 15.7 Å². The van der Waals surface area contributed by atoms with E-state index in [2.05, 4.69) is 15.5 Å². The Kier molecular flexibility index (Phi) is 2.70. The van der Waals surface area contributed by atoms with Crippen molar-refractivity contribution in [3.05, 3.63) is 22.1 Å². The minimum atomic E-state index is -0.107. The predicted octanol–water partition coefficient (Wildman–Crippen LogP) is -2.01. The van der Waals surface area contributed by atoms with Gasteiger partial charge in [0.1, 0.15) is 0 Å². The van der Waals surface area contributed by atoms with Crippen molar-refractivity contribution in [3.8, 4) is 0 Å². The zero-order valence-electron chi connectivity index (χ0n) is 7.24. The molecule has 0 radical (unpaired) electrons. The fraction of sp³-hybridized carbons (Fsp3) is 0.333. The van der Waals surface area contributed by atoms with Gasteiger partial charge in [-0.3, -0.25) is 20.0 Å². The molecule has 0 aliphatic heterocycles. The van der Waals surface area contributed by atoms with Crippen LogP contribution in [0.15, 0.2) is 15.9 Å². The topological polar surface area (TPSA) is 114 Å². The molecule has 7 heteroatoms. The molecule has 1 aromatic rings. The van der Waals surface area contributed by atoms with Crippen LogP contribution in [0.5, 0.6) is 0 Å². The zero-order valence-corrected chi connectivity index (χ0v) is 7.24. The lowest BCUT2D eigenvalue weighted by Gasteiger charge is -1.96. The molecule has 6 N–H and O–H groups in total. The smallest absolute Gasteiger partial charge is 0.266 e. The van der Waals surface area contributed by atoms with E-state index in [1.54, 1.807) is 7.05 Å². The highest BCUT2D eigenvalue weighted by atomic mass is 16.1. The van der Waals surface area contributed by atoms with Crippen LogP contribution in [0.2, 0.25) is 0 Å². The maximum atomic E-state index is 11.0. The number of aliphatic imine (C=N–C) groups is 1. The van der Waals surface area contributed by atoms with E-state index in [0.29, 0.717) is 12.2 Å². The first-order valence-corrected chi connectivity index (χ1v) is 3.65. The van der Waals surface area contributed by atoms with Crippen molar-refractivity contribution in [2.75, 3.05) is 0 Å². The van der Waals surface area contributed by atoms with E-state index in [4.69, 9.17) is 11.6 Å². The quantitative estimate of drug-likeness (QED) is 0.184. The zero-order chi connectivity index (χ0) is 9.84. The molecular formula is C6H12N6O. The Bertz CT molecular complexity index is 361. The van der Waals surface area contributed by atoms with Crippen LogP contribution in [-0.2, 0) is 13.6 Å². The van der Waals surface area contributed by atoms with E-state index in [1.165, 1.54) is 10.7 Å². The number of hydrogen-bond acceptors (Lipinski definition) is 3. The van der Waals surface area contributed by atoms with Gasteiger partial charge < -0.3 is 5.73 Å². The normalized spacial score (nSPS) is 11.7. The standard InChI is InChI=1S/C6H12N6O/c1-12-5(13)2-4(11-12)3-9-6(7)10-8/h2,11H,3,8H2,1H3,(H3,7,9,10). The second-order valence-electron chi connectivity index (χ2n) is 2.52. The Morgan fingerprint density at radius 3 is 3.00 bits per heavy atom. The van der Waals surface area contributed by atoms with Crippen molar-refractivity contribution in [1.29, 1.82) is 0 Å². The second kappa shape index (κ2) is 3.76. The van der Waals surface area contributed by atoms with E-state index < -0.39 is 0 Å². The third-order valence-corrected chi connectivity index (χ3v) is 1.51. The Labute approximate surface area is 74.4 Å². The molecule has 1 rings (SSSR count). The summed E-state index contributed by atoms with van der Waals surface area (Å²) in [7, 11) is 1.63. The summed E-state index contributed by atoms with van der Waals surface area (Å²) in [6.07, 6.45) is 0. The van der Waals surface area contributed by atoms with Gasteiger partial charge in [-0.25, -0.2) is 10.8 Å². The van der Waals surface area contributed by atoms with Gasteiger partial charge in [0.05, 0.1) is 12.2 Å². The number of nitrogens with one attached hydrogen (secondary N) is 2. The van der Waals surface area contributed by atoms with Crippen molar-refractivity contribution in [1.82, 2.24) is 15.2 Å². The summed E-state index contributed by atoms with van der Waals surface area (Å²) >= 11 is 0. The van der Waals surface area contributed by atoms with Gasteiger partial charge in [-0.15, -0.1) is 0 Å². The highest BCUT2D eigenvalue weighted by molar-refractivity contribution is 5.76. The molecule has 0 bridgehead atoms. The van der Waals surface area contributed by atoms with Crippen LogP contribution in [0.4, 0.5) is 0 Å². The molecule has 7 nitrogen and oxygen atoms in total. The van der Waals surface area contributed by atoms with E-state index in [-0.39, 0.29) is 11.5 Å². The first-order chi connectivity index (χ1) is 6.13. The van der Waals surface area contributed by atoms with E-state index in [0.717, 1.165) is 0 Å². The third-order valence-electron chi connectivity index (χ3n) is 1.51. The third kappa shape index (κ3) is 2.34. The summed E-state index contributed by atoms with van der Waals surface area (Å²) in [5, 5.41) is 2.80. The van der Waals surface area contributed by atoms with Crippen LogP contribution in [0.25, 0.3) is 0 Å². The summed E-state index contributed by atoms with van der Waals surface area (Å²) < 4.78 is 1.36. The summed E-state index contributed by atoms with van der Waals surface area (Å²) in [6, 6.07) is 1.45. The van der Waals surface area contributed by atoms with Gasteiger partial charge in [0.25, 0.3) is 5.56 Å². The van der Waals surface area contributed by atoms with E-state index in [1.807, 2.05) is 0 Å². The number of hydrogen-bond donors (Lipinski definition) is 4. The molecule has 0 aromatic carbocycles. The fourth-order valence-electron chi connectivity index (χ4n) is 0.846. The number of guanidine groups is 1. The molecule has 1 heterocycles. The van der Waals surface area contributed by atoms with E-state index in [9.17, 15) is 4.79 Å². The molecular weight excluding hydrogens is 172 g/mol. The predicted molar refractivity (Wildman–Crippen MR) is 48.7 cm³/mol. The molecule has 0 atom stereocenters. The molecule has 0 aliphatic carbocycles. The largest absolute Gasteiger partial charge is 0.369 e. The number of aryl methyl sites for hydroxylation is 1. The van der Waals surface area contributed by atoms with Crippen LogP contribution < -0.4 is 22.6 Å². The van der Waals surface area contributed by atoms with Crippen molar-refractivity contribution in [3.63, 3.8) is 0 Å². The average molecular weight is 184 g/mol. The number of nitrogens with two attached hydrogens (primary N) is 2. The molecule has 0 aliphatic rings. The summed E-state index contributed by atoms with van der Waals surface area (Å²) in [5.74, 6) is 5.12. The number of rotatable bonds is 2. The van der Waals surface area contributed by atoms with Gasteiger partial charge in [0.2, 0.25) is 5.96 Å². The van der Waals surface area contributed by atoms with E-state index >= 15 is 0 Å². The Balaban J connectivity index is 2.70. The van der Waals surface area contributed by atoms with Gasteiger partial charge >= 0.3 is 0 Å². The lowest BCUT2D eigenvalue weighted by Crippen LogP contribution is -2.37. The lowest BCUT2D eigenvalue weighted by atomic mass is 10.4. The van der Waals surface area contributed by atoms with Crippen LogP contribution >= 0.6 is 0 Å². The molecule has 1 aromatic heterocycles. The summed E-state index contributed by atoms with van der Waals surface area (Å²) in [5.41, 5.74) is 8.05. The first-order valence-electron chi connectivity index (χ1n) is 3.65. The van der Waals surface area contributed by atoms with Gasteiger partial charge in [0.15, 0.2) is 0 Å². The maximum absolute atomic E-state index is 11.0. The number of hydrazine groups is 1. The average Bonchev–Trinajstić information content (AvgIpc) is 2.42. The second-order valence-corrected chi connectivity index (χ2v) is 2.52. The number of nitrogens with zero attached hydrogens (tertiary/aromatic N) is 2. The molecule has 0 saturated heterocycles. The molecule has 72 valence electrons. The Hall–Kier alpha value is -1.76. The fourth-order valence-corrected chi connectivity index (χ4v) is 0.846. The number of H-pyrrole nitrogens is 1. The monoisotopic (exact) mass is 184 g/mol. The minimum absolute atomic E-state index is 0.107. The van der Waals surface area contributed by atoms with Gasteiger partial charge in [-0.1, -0.05) is 0 Å². The SMILES string of the molecule is Cn1[nH]c(CN=C(N)NN)cc1=O. The summed E-state index contributed by atoms with van der Waals surface area (Å²) in [4.78, 5) is 14.8. The highest BCUT2D eigenvalue weighted by Gasteiger charge is 1.97. The van der Waals surface area contributed by atoms with Crippen LogP contribution in [0, 0.1) is 0 Å². The Morgan fingerprint density at radius 1 is 1.85 bits per heavy atom. The van der Waals surface area contributed by atoms with Crippen molar-refractivity contribution in [2.45, 2.75) is 6.54 Å². The first kappa shape index (κ1) is 9.33. The Morgan fingerprint density at radius 2 is 2.54 bits per heavy atom. The van der Waals surface area contributed by atoms with Crippen molar-refractivity contribution >= 4 is 5.96 Å². The molecule has 13 heavy (non-hydrogen) atoms. The molecule has 0 unspecified atom stereocenters. The highest BCUT2D eigenvalue weighted by Crippen LogP contribution is 1.90. The summed E-state index contributed by atoms with van der Waals surface area (Å²) in [6.45, 7) is 0.298. The maximum Gasteiger partial charge on any atom is 0.266 e. The minimum Gasteiger partial charge on any atom is -0.369 e. The number of aromatic amines is 1. The molecule has 0 saturated carbocycles. The van der Waals surface area contributed by atoms with Crippen molar-refractivity contribution < 1.29 is 0 Å². The van der Waals surface area contributed by atoms with Crippen LogP contribution in [0.3, 0.4) is 0 Å². The van der Waals surface area contributed by atoms with Gasteiger partial charge in [0, 0.05) is 13.1 Å². The molecule has 0 spiro atoms. The van der Waals surface area contributed by atoms with Crippen LogP contribution in [0.1, 0.15) is 5.69 Å². The van der Waals surface area contributed by atoms with Gasteiger partial charge in [-0.2, -0.15) is 0 Å². The van der Waals surface area contributed by atoms with Gasteiger partial charge in [-0.05, 0) is 0 Å². The van der Waals surface area contributed by atoms with Crippen molar-refractivity contribution in [2.24, 2.45) is 23.6 Å². The molecule has 0 amide bonds.